The fourth-order valence-corrected chi connectivity index (χ4v) is 1.19. The van der Waals surface area contributed by atoms with Crippen molar-refractivity contribution in [2.75, 3.05) is 7.05 Å². The molecule has 0 aromatic heterocycles. The number of amides is 1. The van der Waals surface area contributed by atoms with Crippen LogP contribution in [0.1, 0.15) is 20.3 Å². The summed E-state index contributed by atoms with van der Waals surface area (Å²) in [4.78, 5) is 11.0. The zero-order valence-electron chi connectivity index (χ0n) is 6.56. The van der Waals surface area contributed by atoms with Gasteiger partial charge in [0, 0.05) is 12.5 Å². The second-order valence-corrected chi connectivity index (χ2v) is 3.50. The van der Waals surface area contributed by atoms with E-state index in [1.54, 1.807) is 0 Å². The van der Waals surface area contributed by atoms with E-state index in [1.165, 1.54) is 7.05 Å². The molecule has 0 spiro atoms. The summed E-state index contributed by atoms with van der Waals surface area (Å²) >= 11 is 0. The van der Waals surface area contributed by atoms with Gasteiger partial charge in [0.05, 0.1) is 0 Å². The van der Waals surface area contributed by atoms with E-state index in [-0.39, 0.29) is 11.3 Å². The summed E-state index contributed by atoms with van der Waals surface area (Å²) < 4.78 is 0. The molecule has 1 rings (SSSR count). The maximum atomic E-state index is 11.0. The second-order valence-electron chi connectivity index (χ2n) is 3.50. The van der Waals surface area contributed by atoms with Gasteiger partial charge in [-0.2, -0.15) is 0 Å². The van der Waals surface area contributed by atoms with Crippen LogP contribution in [0.25, 0.3) is 0 Å². The summed E-state index contributed by atoms with van der Waals surface area (Å²) in [7, 11) is 1.54. The first-order chi connectivity index (χ1) is 4.44. The standard InChI is InChI=1S/C7H13NO2/c1-6(2)4-7(6,10)5(9)8-3/h10H,4H2,1-3H3,(H,8,9). The average Bonchev–Trinajstić information content (AvgIpc) is 2.32. The molecule has 3 heteroatoms. The van der Waals surface area contributed by atoms with E-state index in [0.29, 0.717) is 6.42 Å². The Morgan fingerprint density at radius 1 is 1.60 bits per heavy atom. The molecule has 0 aromatic rings. The minimum atomic E-state index is -1.10. The number of carbonyl (C=O) groups is 1. The number of nitrogens with one attached hydrogen (secondary N) is 1. The van der Waals surface area contributed by atoms with Crippen molar-refractivity contribution in [3.05, 3.63) is 0 Å². The molecule has 3 nitrogen and oxygen atoms in total. The number of rotatable bonds is 1. The normalized spacial score (nSPS) is 35.2. The SMILES string of the molecule is CNC(=O)C1(O)CC1(C)C. The number of carbonyl (C=O) groups excluding carboxylic acids is 1. The highest BCUT2D eigenvalue weighted by Gasteiger charge is 2.65. The predicted molar refractivity (Wildman–Crippen MR) is 37.4 cm³/mol. The summed E-state index contributed by atoms with van der Waals surface area (Å²) in [5, 5.41) is 11.9. The maximum Gasteiger partial charge on any atom is 0.252 e. The molecular formula is C7H13NO2. The topological polar surface area (TPSA) is 49.3 Å². The van der Waals surface area contributed by atoms with Crippen molar-refractivity contribution >= 4 is 5.91 Å². The first-order valence-electron chi connectivity index (χ1n) is 3.38. The fourth-order valence-electron chi connectivity index (χ4n) is 1.19. The van der Waals surface area contributed by atoms with Crippen LogP contribution in [0.5, 0.6) is 0 Å². The predicted octanol–water partition coefficient (Wildman–Crippen LogP) is -0.107. The van der Waals surface area contributed by atoms with Crippen molar-refractivity contribution in [2.45, 2.75) is 25.9 Å². The van der Waals surface area contributed by atoms with E-state index in [4.69, 9.17) is 0 Å². The van der Waals surface area contributed by atoms with Crippen LogP contribution >= 0.6 is 0 Å². The van der Waals surface area contributed by atoms with Crippen LogP contribution in [0.3, 0.4) is 0 Å². The molecule has 1 amide bonds. The third-order valence-corrected chi connectivity index (χ3v) is 2.30. The van der Waals surface area contributed by atoms with Gasteiger partial charge in [-0.15, -0.1) is 0 Å². The van der Waals surface area contributed by atoms with Crippen molar-refractivity contribution in [3.8, 4) is 0 Å². The molecule has 0 aromatic carbocycles. The lowest BCUT2D eigenvalue weighted by atomic mass is 10.1. The average molecular weight is 143 g/mol. The van der Waals surface area contributed by atoms with Crippen LogP contribution in [0, 0.1) is 5.41 Å². The molecule has 1 fully saturated rings. The molecule has 1 aliphatic rings. The van der Waals surface area contributed by atoms with Crippen LogP contribution < -0.4 is 5.32 Å². The third-order valence-electron chi connectivity index (χ3n) is 2.30. The van der Waals surface area contributed by atoms with E-state index in [2.05, 4.69) is 5.32 Å². The first kappa shape index (κ1) is 7.54. The minimum absolute atomic E-state index is 0.229. The summed E-state index contributed by atoms with van der Waals surface area (Å²) in [5.41, 5.74) is -1.32. The molecule has 1 unspecified atom stereocenters. The number of hydrogen-bond donors (Lipinski definition) is 2. The van der Waals surface area contributed by atoms with Gasteiger partial charge in [-0.25, -0.2) is 0 Å². The Bertz CT molecular complexity index is 176. The van der Waals surface area contributed by atoms with Gasteiger partial charge >= 0.3 is 0 Å². The third kappa shape index (κ3) is 0.736. The number of aliphatic hydroxyl groups is 1. The van der Waals surface area contributed by atoms with Gasteiger partial charge in [-0.1, -0.05) is 13.8 Å². The molecule has 0 bridgehead atoms. The highest BCUT2D eigenvalue weighted by atomic mass is 16.3. The van der Waals surface area contributed by atoms with Gasteiger partial charge in [-0.05, 0) is 6.42 Å². The molecule has 1 saturated carbocycles. The van der Waals surface area contributed by atoms with Crippen molar-refractivity contribution in [1.82, 2.24) is 5.32 Å². The molecule has 2 N–H and O–H groups in total. The van der Waals surface area contributed by atoms with Crippen molar-refractivity contribution < 1.29 is 9.90 Å². The Kier molecular flexibility index (Phi) is 1.30. The van der Waals surface area contributed by atoms with E-state index in [0.717, 1.165) is 0 Å². The van der Waals surface area contributed by atoms with Crippen LogP contribution in [-0.4, -0.2) is 23.7 Å². The van der Waals surface area contributed by atoms with E-state index in [9.17, 15) is 9.90 Å². The molecular weight excluding hydrogens is 130 g/mol. The Balaban J connectivity index is 2.68. The van der Waals surface area contributed by atoms with Gasteiger partial charge < -0.3 is 10.4 Å². The molecule has 1 aliphatic carbocycles. The zero-order valence-corrected chi connectivity index (χ0v) is 6.56. The van der Waals surface area contributed by atoms with Gasteiger partial charge in [0.1, 0.15) is 5.60 Å². The monoisotopic (exact) mass is 143 g/mol. The van der Waals surface area contributed by atoms with Crippen LogP contribution in [0.2, 0.25) is 0 Å². The van der Waals surface area contributed by atoms with Crippen molar-refractivity contribution in [2.24, 2.45) is 5.41 Å². The minimum Gasteiger partial charge on any atom is -0.379 e. The lowest BCUT2D eigenvalue weighted by Crippen LogP contribution is -2.37. The summed E-state index contributed by atoms with van der Waals surface area (Å²) in [6.07, 6.45) is 0.569. The number of likely N-dealkylation sites (N-methyl/N-ethyl adjacent to an activating group) is 1. The van der Waals surface area contributed by atoms with Crippen LogP contribution in [0.15, 0.2) is 0 Å². The summed E-state index contributed by atoms with van der Waals surface area (Å²) in [6.45, 7) is 3.75. The summed E-state index contributed by atoms with van der Waals surface area (Å²) in [5.74, 6) is -0.266. The molecule has 10 heavy (non-hydrogen) atoms. The van der Waals surface area contributed by atoms with Crippen molar-refractivity contribution in [1.29, 1.82) is 0 Å². The van der Waals surface area contributed by atoms with Gasteiger partial charge in [0.15, 0.2) is 0 Å². The largest absolute Gasteiger partial charge is 0.379 e. The molecule has 58 valence electrons. The smallest absolute Gasteiger partial charge is 0.252 e. The Morgan fingerprint density at radius 2 is 2.00 bits per heavy atom. The molecule has 1 atom stereocenters. The molecule has 0 heterocycles. The van der Waals surface area contributed by atoms with Gasteiger partial charge in [0.2, 0.25) is 0 Å². The van der Waals surface area contributed by atoms with Gasteiger partial charge in [-0.3, -0.25) is 4.79 Å². The second kappa shape index (κ2) is 1.72. The molecule has 0 aliphatic heterocycles. The Morgan fingerprint density at radius 3 is 2.10 bits per heavy atom. The van der Waals surface area contributed by atoms with Crippen LogP contribution in [-0.2, 0) is 4.79 Å². The lowest BCUT2D eigenvalue weighted by molar-refractivity contribution is -0.132. The Hall–Kier alpha value is -0.570. The maximum absolute atomic E-state index is 11.0. The zero-order chi connectivity index (χ0) is 7.99. The lowest BCUT2D eigenvalue weighted by Gasteiger charge is -2.10. The van der Waals surface area contributed by atoms with Crippen LogP contribution in [0.4, 0.5) is 0 Å². The summed E-state index contributed by atoms with van der Waals surface area (Å²) in [6, 6.07) is 0. The van der Waals surface area contributed by atoms with E-state index < -0.39 is 5.60 Å². The van der Waals surface area contributed by atoms with Crippen molar-refractivity contribution in [3.63, 3.8) is 0 Å². The molecule has 0 saturated heterocycles. The quantitative estimate of drug-likeness (QED) is 0.538. The Labute approximate surface area is 60.4 Å². The highest BCUT2D eigenvalue weighted by Crippen LogP contribution is 2.55. The highest BCUT2D eigenvalue weighted by molar-refractivity contribution is 5.89. The van der Waals surface area contributed by atoms with Gasteiger partial charge in [0.25, 0.3) is 5.91 Å². The fraction of sp³-hybridized carbons (Fsp3) is 0.857. The number of hydrogen-bond acceptors (Lipinski definition) is 2. The van der Waals surface area contributed by atoms with E-state index >= 15 is 0 Å². The molecule has 0 radical (unpaired) electrons. The van der Waals surface area contributed by atoms with E-state index in [1.807, 2.05) is 13.8 Å². The first-order valence-corrected chi connectivity index (χ1v) is 3.38.